The van der Waals surface area contributed by atoms with Crippen molar-refractivity contribution in [2.24, 2.45) is 0 Å². The van der Waals surface area contributed by atoms with Crippen LogP contribution in [0, 0.1) is 11.3 Å². The van der Waals surface area contributed by atoms with Crippen LogP contribution in [0.2, 0.25) is 0 Å². The first kappa shape index (κ1) is 13.1. The summed E-state index contributed by atoms with van der Waals surface area (Å²) in [6.45, 7) is 2.44. The molecule has 96 valence electrons. The maximum absolute atomic E-state index is 12.0. The van der Waals surface area contributed by atoms with Gasteiger partial charge in [0.05, 0.1) is 22.6 Å². The number of rotatable bonds is 1. The summed E-state index contributed by atoms with van der Waals surface area (Å²) in [6.07, 6.45) is 0.636. The first-order chi connectivity index (χ1) is 8.53. The molecule has 0 bridgehead atoms. The zero-order valence-corrected chi connectivity index (χ0v) is 11.1. The lowest BCUT2D eigenvalue weighted by Gasteiger charge is -2.16. The summed E-state index contributed by atoms with van der Waals surface area (Å²) in [5.41, 5.74) is 1.43. The summed E-state index contributed by atoms with van der Waals surface area (Å²) in [5, 5.41) is 11.8. The van der Waals surface area contributed by atoms with Gasteiger partial charge in [-0.15, -0.1) is 0 Å². The standard InChI is InChI=1S/C13H16N2O2S/c1-10-5-6-15-13(9-18(10,16)17)12-4-2-3-11(7-12)8-14/h2-4,7,10,13,15H,5-6,9H2,1H3. The molecule has 1 aliphatic rings. The minimum atomic E-state index is -3.06. The highest BCUT2D eigenvalue weighted by atomic mass is 32.2. The number of benzene rings is 1. The molecule has 5 heteroatoms. The Hall–Kier alpha value is -1.38. The molecule has 2 unspecified atom stereocenters. The normalized spacial score (nSPS) is 27.1. The minimum absolute atomic E-state index is 0.100. The van der Waals surface area contributed by atoms with Gasteiger partial charge in [-0.3, -0.25) is 0 Å². The fourth-order valence-corrected chi connectivity index (χ4v) is 3.72. The SMILES string of the molecule is CC1CCNC(c2cccc(C#N)c2)CS1(=O)=O. The molecule has 4 nitrogen and oxygen atoms in total. The largest absolute Gasteiger partial charge is 0.309 e. The molecule has 1 aromatic carbocycles. The maximum Gasteiger partial charge on any atom is 0.154 e. The van der Waals surface area contributed by atoms with E-state index in [-0.39, 0.29) is 17.0 Å². The van der Waals surface area contributed by atoms with E-state index in [0.717, 1.165) is 5.56 Å². The molecule has 18 heavy (non-hydrogen) atoms. The van der Waals surface area contributed by atoms with Crippen molar-refractivity contribution in [3.63, 3.8) is 0 Å². The second kappa shape index (κ2) is 5.09. The third kappa shape index (κ3) is 2.71. The van der Waals surface area contributed by atoms with Crippen molar-refractivity contribution in [2.45, 2.75) is 24.6 Å². The van der Waals surface area contributed by atoms with Gasteiger partial charge in [0.15, 0.2) is 9.84 Å². The van der Waals surface area contributed by atoms with Gasteiger partial charge in [-0.25, -0.2) is 8.42 Å². The van der Waals surface area contributed by atoms with Gasteiger partial charge in [0.2, 0.25) is 0 Å². The lowest BCUT2D eigenvalue weighted by atomic mass is 10.1. The molecule has 0 spiro atoms. The number of nitrogens with one attached hydrogen (secondary N) is 1. The molecule has 1 heterocycles. The van der Waals surface area contributed by atoms with Crippen molar-refractivity contribution in [1.82, 2.24) is 5.32 Å². The summed E-state index contributed by atoms with van der Waals surface area (Å²) < 4.78 is 24.1. The monoisotopic (exact) mass is 264 g/mol. The molecule has 0 saturated carbocycles. The first-order valence-electron chi connectivity index (χ1n) is 5.98. The number of hydrogen-bond acceptors (Lipinski definition) is 4. The second-order valence-corrected chi connectivity index (χ2v) is 7.14. The number of sulfone groups is 1. The smallest absolute Gasteiger partial charge is 0.154 e. The molecule has 1 aromatic rings. The Bertz CT molecular complexity index is 575. The average Bonchev–Trinajstić information content (AvgIpc) is 2.49. The summed E-state index contributed by atoms with van der Waals surface area (Å²) >= 11 is 0. The molecule has 1 N–H and O–H groups in total. The van der Waals surface area contributed by atoms with Crippen LogP contribution in [0.3, 0.4) is 0 Å². The van der Waals surface area contributed by atoms with Crippen LogP contribution in [0.4, 0.5) is 0 Å². The number of nitrogens with zero attached hydrogens (tertiary/aromatic N) is 1. The topological polar surface area (TPSA) is 70.0 Å². The minimum Gasteiger partial charge on any atom is -0.309 e. The van der Waals surface area contributed by atoms with Gasteiger partial charge in [-0.2, -0.15) is 5.26 Å². The highest BCUT2D eigenvalue weighted by molar-refractivity contribution is 7.92. The molecule has 1 fully saturated rings. The van der Waals surface area contributed by atoms with Crippen LogP contribution < -0.4 is 5.32 Å². The molecule has 1 saturated heterocycles. The molecular formula is C13H16N2O2S. The predicted octanol–water partition coefficient (Wildman–Crippen LogP) is 1.40. The van der Waals surface area contributed by atoms with Crippen LogP contribution in [0.25, 0.3) is 0 Å². The van der Waals surface area contributed by atoms with Crippen molar-refractivity contribution in [3.05, 3.63) is 35.4 Å². The Kier molecular flexibility index (Phi) is 3.69. The van der Waals surface area contributed by atoms with Gasteiger partial charge in [-0.1, -0.05) is 12.1 Å². The van der Waals surface area contributed by atoms with Gasteiger partial charge >= 0.3 is 0 Å². The van der Waals surface area contributed by atoms with E-state index in [4.69, 9.17) is 5.26 Å². The highest BCUT2D eigenvalue weighted by Gasteiger charge is 2.29. The Morgan fingerprint density at radius 2 is 2.22 bits per heavy atom. The van der Waals surface area contributed by atoms with Crippen molar-refractivity contribution in [3.8, 4) is 6.07 Å². The van der Waals surface area contributed by atoms with E-state index in [9.17, 15) is 8.42 Å². The van der Waals surface area contributed by atoms with Crippen LogP contribution in [0.15, 0.2) is 24.3 Å². The van der Waals surface area contributed by atoms with Crippen molar-refractivity contribution in [1.29, 1.82) is 5.26 Å². The summed E-state index contributed by atoms with van der Waals surface area (Å²) in [4.78, 5) is 0. The molecule has 2 atom stereocenters. The molecule has 1 aliphatic heterocycles. The zero-order valence-electron chi connectivity index (χ0n) is 10.3. The van der Waals surface area contributed by atoms with E-state index in [1.807, 2.05) is 6.07 Å². The molecule has 0 radical (unpaired) electrons. The summed E-state index contributed by atoms with van der Waals surface area (Å²) in [5.74, 6) is 0.100. The fourth-order valence-electron chi connectivity index (χ4n) is 2.13. The first-order valence-corrected chi connectivity index (χ1v) is 7.69. The van der Waals surface area contributed by atoms with Gasteiger partial charge in [0.1, 0.15) is 0 Å². The van der Waals surface area contributed by atoms with E-state index in [1.54, 1.807) is 25.1 Å². The van der Waals surface area contributed by atoms with E-state index in [1.165, 1.54) is 0 Å². The molecule has 0 aromatic heterocycles. The van der Waals surface area contributed by atoms with E-state index in [0.29, 0.717) is 18.5 Å². The second-order valence-electron chi connectivity index (χ2n) is 4.67. The maximum atomic E-state index is 12.0. The Morgan fingerprint density at radius 1 is 1.44 bits per heavy atom. The third-order valence-electron chi connectivity index (χ3n) is 3.37. The van der Waals surface area contributed by atoms with Crippen LogP contribution in [-0.2, 0) is 9.84 Å². The van der Waals surface area contributed by atoms with Gasteiger partial charge < -0.3 is 5.32 Å². The summed E-state index contributed by atoms with van der Waals surface area (Å²) in [7, 11) is -3.06. The summed E-state index contributed by atoms with van der Waals surface area (Å²) in [6, 6.07) is 8.99. The van der Waals surface area contributed by atoms with E-state index in [2.05, 4.69) is 11.4 Å². The lowest BCUT2D eigenvalue weighted by Crippen LogP contribution is -2.26. The third-order valence-corrected chi connectivity index (χ3v) is 5.63. The molecule has 0 aliphatic carbocycles. The Morgan fingerprint density at radius 3 is 2.94 bits per heavy atom. The van der Waals surface area contributed by atoms with Gasteiger partial charge in [0, 0.05) is 6.04 Å². The predicted molar refractivity (Wildman–Crippen MR) is 69.8 cm³/mol. The van der Waals surface area contributed by atoms with Crippen LogP contribution in [0.5, 0.6) is 0 Å². The van der Waals surface area contributed by atoms with Crippen LogP contribution in [-0.4, -0.2) is 26.0 Å². The van der Waals surface area contributed by atoms with E-state index >= 15 is 0 Å². The van der Waals surface area contributed by atoms with Crippen LogP contribution in [0.1, 0.15) is 30.5 Å². The van der Waals surface area contributed by atoms with Crippen molar-refractivity contribution < 1.29 is 8.42 Å². The van der Waals surface area contributed by atoms with Crippen molar-refractivity contribution >= 4 is 9.84 Å². The molecule has 0 amide bonds. The van der Waals surface area contributed by atoms with Gasteiger partial charge in [0.25, 0.3) is 0 Å². The zero-order chi connectivity index (χ0) is 13.2. The average molecular weight is 264 g/mol. The van der Waals surface area contributed by atoms with E-state index < -0.39 is 9.84 Å². The Labute approximate surface area is 108 Å². The fraction of sp³-hybridized carbons (Fsp3) is 0.462. The highest BCUT2D eigenvalue weighted by Crippen LogP contribution is 2.22. The Balaban J connectivity index is 2.30. The lowest BCUT2D eigenvalue weighted by molar-refractivity contribution is 0.572. The number of nitriles is 1. The molecule has 2 rings (SSSR count). The quantitative estimate of drug-likeness (QED) is 0.832. The van der Waals surface area contributed by atoms with Crippen molar-refractivity contribution in [2.75, 3.05) is 12.3 Å². The number of hydrogen-bond donors (Lipinski definition) is 1. The van der Waals surface area contributed by atoms with Gasteiger partial charge in [-0.05, 0) is 37.6 Å². The van der Waals surface area contributed by atoms with Crippen LogP contribution >= 0.6 is 0 Å². The molecular weight excluding hydrogens is 248 g/mol.